The van der Waals surface area contributed by atoms with Crippen LogP contribution in [0, 0.1) is 0 Å². The molecule has 80 valence electrons. The zero-order chi connectivity index (χ0) is 11.4. The highest BCUT2D eigenvalue weighted by atomic mass is 16.2. The second kappa shape index (κ2) is 4.48. The van der Waals surface area contributed by atoms with Crippen LogP contribution in [0.25, 0.3) is 0 Å². The van der Waals surface area contributed by atoms with E-state index in [9.17, 15) is 4.79 Å². The normalized spacial score (nSPS) is 9.81. The van der Waals surface area contributed by atoms with Gasteiger partial charge in [-0.1, -0.05) is 0 Å². The van der Waals surface area contributed by atoms with Crippen LogP contribution >= 0.6 is 0 Å². The van der Waals surface area contributed by atoms with Gasteiger partial charge in [-0.2, -0.15) is 5.10 Å². The monoisotopic (exact) mass is 214 g/mol. The molecule has 0 aliphatic carbocycles. The summed E-state index contributed by atoms with van der Waals surface area (Å²) in [5.41, 5.74) is 0.572. The molecule has 0 aliphatic heterocycles. The summed E-state index contributed by atoms with van der Waals surface area (Å²) in [6.07, 6.45) is 4.73. The molecule has 0 aliphatic rings. The second-order valence-corrected chi connectivity index (χ2v) is 3.18. The van der Waals surface area contributed by atoms with Crippen LogP contribution < -0.4 is 4.90 Å². The molecule has 0 bridgehead atoms. The highest BCUT2D eigenvalue weighted by Gasteiger charge is 2.13. The Kier molecular flexibility index (Phi) is 2.86. The lowest BCUT2D eigenvalue weighted by atomic mass is 10.2. The number of carbonyl (C=O) groups excluding carboxylic acids is 1. The van der Waals surface area contributed by atoms with Crippen molar-refractivity contribution >= 4 is 11.7 Å². The van der Waals surface area contributed by atoms with Crippen LogP contribution in [-0.2, 0) is 0 Å². The maximum absolute atomic E-state index is 12.0. The summed E-state index contributed by atoms with van der Waals surface area (Å²) in [4.78, 5) is 17.3. The number of aromatic nitrogens is 3. The lowest BCUT2D eigenvalue weighted by Gasteiger charge is -2.14. The standard InChI is InChI=1S/C11H10N4O/c1-15(10-3-2-6-13-14-10)11(16)9-4-7-12-8-5-9/h2-8H,1H3. The Labute approximate surface area is 92.8 Å². The number of anilines is 1. The molecule has 2 rings (SSSR count). The number of hydrogen-bond donors (Lipinski definition) is 0. The summed E-state index contributed by atoms with van der Waals surface area (Å²) in [7, 11) is 1.66. The molecule has 2 heterocycles. The number of amides is 1. The minimum Gasteiger partial charge on any atom is -0.294 e. The van der Waals surface area contributed by atoms with Crippen molar-refractivity contribution in [3.05, 3.63) is 48.4 Å². The Bertz CT molecular complexity index is 472. The molecular weight excluding hydrogens is 204 g/mol. The molecule has 0 saturated heterocycles. The summed E-state index contributed by atoms with van der Waals surface area (Å²) in [5, 5.41) is 7.59. The van der Waals surface area contributed by atoms with Gasteiger partial charge in [0.2, 0.25) is 0 Å². The highest BCUT2D eigenvalue weighted by Crippen LogP contribution is 2.10. The largest absolute Gasteiger partial charge is 0.294 e. The number of hydrogen-bond acceptors (Lipinski definition) is 4. The van der Waals surface area contributed by atoms with Crippen LogP contribution in [0.5, 0.6) is 0 Å². The third-order valence-electron chi connectivity index (χ3n) is 2.13. The van der Waals surface area contributed by atoms with E-state index in [0.29, 0.717) is 11.4 Å². The average molecular weight is 214 g/mol. The average Bonchev–Trinajstić information content (AvgIpc) is 2.39. The summed E-state index contributed by atoms with van der Waals surface area (Å²) < 4.78 is 0. The fourth-order valence-corrected chi connectivity index (χ4v) is 1.26. The third-order valence-corrected chi connectivity index (χ3v) is 2.13. The van der Waals surface area contributed by atoms with Crippen LogP contribution in [0.2, 0.25) is 0 Å². The van der Waals surface area contributed by atoms with Gasteiger partial charge in [0.15, 0.2) is 5.82 Å². The van der Waals surface area contributed by atoms with Crippen LogP contribution in [0.4, 0.5) is 5.82 Å². The second-order valence-electron chi connectivity index (χ2n) is 3.18. The van der Waals surface area contributed by atoms with E-state index in [1.807, 2.05) is 0 Å². The molecule has 5 nitrogen and oxygen atoms in total. The molecule has 0 fully saturated rings. The van der Waals surface area contributed by atoms with Crippen molar-refractivity contribution in [3.63, 3.8) is 0 Å². The molecule has 0 unspecified atom stereocenters. The van der Waals surface area contributed by atoms with Crippen molar-refractivity contribution in [2.75, 3.05) is 11.9 Å². The lowest BCUT2D eigenvalue weighted by Crippen LogP contribution is -2.27. The predicted molar refractivity (Wildman–Crippen MR) is 59.0 cm³/mol. The molecule has 1 amide bonds. The maximum Gasteiger partial charge on any atom is 0.259 e. The van der Waals surface area contributed by atoms with Crippen molar-refractivity contribution in [1.29, 1.82) is 0 Å². The van der Waals surface area contributed by atoms with E-state index in [2.05, 4.69) is 15.2 Å². The summed E-state index contributed by atoms with van der Waals surface area (Å²) >= 11 is 0. The fraction of sp³-hybridized carbons (Fsp3) is 0.0909. The SMILES string of the molecule is CN(C(=O)c1ccncc1)c1cccnn1. The van der Waals surface area contributed by atoms with Gasteiger partial charge >= 0.3 is 0 Å². The lowest BCUT2D eigenvalue weighted by molar-refractivity contribution is 0.0992. The van der Waals surface area contributed by atoms with Crippen molar-refractivity contribution in [1.82, 2.24) is 15.2 Å². The minimum absolute atomic E-state index is 0.136. The van der Waals surface area contributed by atoms with Gasteiger partial charge in [0.05, 0.1) is 0 Å². The predicted octanol–water partition coefficient (Wildman–Crippen LogP) is 1.15. The van der Waals surface area contributed by atoms with Crippen LogP contribution in [-0.4, -0.2) is 28.1 Å². The molecule has 0 aromatic carbocycles. The summed E-state index contributed by atoms with van der Waals surface area (Å²) in [5.74, 6) is 0.382. The number of nitrogens with zero attached hydrogens (tertiary/aromatic N) is 4. The van der Waals surface area contributed by atoms with Crippen molar-refractivity contribution in [3.8, 4) is 0 Å². The first-order valence-electron chi connectivity index (χ1n) is 4.75. The number of pyridine rings is 1. The Hall–Kier alpha value is -2.30. The fourth-order valence-electron chi connectivity index (χ4n) is 1.26. The van der Waals surface area contributed by atoms with E-state index in [1.165, 1.54) is 4.90 Å². The smallest absolute Gasteiger partial charge is 0.259 e. The Morgan fingerprint density at radius 3 is 2.56 bits per heavy atom. The molecule has 5 heteroatoms. The Balaban J connectivity index is 2.24. The van der Waals surface area contributed by atoms with E-state index >= 15 is 0 Å². The van der Waals surface area contributed by atoms with E-state index in [-0.39, 0.29) is 5.91 Å². The molecule has 2 aromatic heterocycles. The zero-order valence-electron chi connectivity index (χ0n) is 8.74. The van der Waals surface area contributed by atoms with Crippen LogP contribution in [0.15, 0.2) is 42.9 Å². The van der Waals surface area contributed by atoms with Crippen molar-refractivity contribution in [2.45, 2.75) is 0 Å². The molecule has 0 atom stereocenters. The van der Waals surface area contributed by atoms with Gasteiger partial charge in [0.25, 0.3) is 5.91 Å². The zero-order valence-corrected chi connectivity index (χ0v) is 8.74. The first-order valence-corrected chi connectivity index (χ1v) is 4.75. The topological polar surface area (TPSA) is 59.0 Å². The third kappa shape index (κ3) is 2.03. The van der Waals surface area contributed by atoms with E-state index in [1.54, 1.807) is 49.9 Å². The van der Waals surface area contributed by atoms with Crippen LogP contribution in [0.3, 0.4) is 0 Å². The van der Waals surface area contributed by atoms with Gasteiger partial charge in [-0.3, -0.25) is 14.7 Å². The molecule has 0 radical (unpaired) electrons. The maximum atomic E-state index is 12.0. The van der Waals surface area contributed by atoms with Gasteiger partial charge < -0.3 is 0 Å². The molecule has 16 heavy (non-hydrogen) atoms. The summed E-state index contributed by atoms with van der Waals surface area (Å²) in [6.45, 7) is 0. The summed E-state index contributed by atoms with van der Waals surface area (Å²) in [6, 6.07) is 6.79. The van der Waals surface area contributed by atoms with Crippen molar-refractivity contribution < 1.29 is 4.79 Å². The van der Waals surface area contributed by atoms with Gasteiger partial charge in [-0.05, 0) is 24.3 Å². The van der Waals surface area contributed by atoms with Gasteiger partial charge in [0, 0.05) is 31.2 Å². The van der Waals surface area contributed by atoms with E-state index in [0.717, 1.165) is 0 Å². The number of carbonyl (C=O) groups is 1. The van der Waals surface area contributed by atoms with E-state index in [4.69, 9.17) is 0 Å². The molecule has 0 saturated carbocycles. The molecule has 0 N–H and O–H groups in total. The van der Waals surface area contributed by atoms with Crippen molar-refractivity contribution in [2.24, 2.45) is 0 Å². The van der Waals surface area contributed by atoms with E-state index < -0.39 is 0 Å². The first-order chi connectivity index (χ1) is 7.79. The Morgan fingerprint density at radius 2 is 1.94 bits per heavy atom. The molecule has 2 aromatic rings. The molecule has 0 spiro atoms. The first kappa shape index (κ1) is 10.2. The van der Waals surface area contributed by atoms with Gasteiger partial charge in [-0.25, -0.2) is 0 Å². The van der Waals surface area contributed by atoms with Crippen LogP contribution in [0.1, 0.15) is 10.4 Å². The number of rotatable bonds is 2. The van der Waals surface area contributed by atoms with Gasteiger partial charge in [0.1, 0.15) is 0 Å². The minimum atomic E-state index is -0.136. The Morgan fingerprint density at radius 1 is 1.19 bits per heavy atom. The highest BCUT2D eigenvalue weighted by molar-refractivity contribution is 6.04. The molecular formula is C11H10N4O. The van der Waals surface area contributed by atoms with Gasteiger partial charge in [-0.15, -0.1) is 5.10 Å². The quantitative estimate of drug-likeness (QED) is 0.752.